The van der Waals surface area contributed by atoms with Crippen LogP contribution in [0.1, 0.15) is 24.2 Å². The highest BCUT2D eigenvalue weighted by molar-refractivity contribution is 7.89. The van der Waals surface area contributed by atoms with Crippen LogP contribution in [0.2, 0.25) is 0 Å². The summed E-state index contributed by atoms with van der Waals surface area (Å²) < 4.78 is 54.5. The maximum absolute atomic E-state index is 14.2. The Morgan fingerprint density at radius 2 is 1.78 bits per heavy atom. The quantitative estimate of drug-likeness (QED) is 0.646. The molecule has 0 aliphatic carbocycles. The zero-order chi connectivity index (χ0) is 19.8. The van der Waals surface area contributed by atoms with Crippen LogP contribution in [-0.2, 0) is 10.0 Å². The summed E-state index contributed by atoms with van der Waals surface area (Å²) in [5.74, 6) is -1.34. The SMILES string of the molecule is CCN(CC)S(=O)(=O)c1ccc2[nH]c(-c3cc(F)ccc3F)c(C=O)c2c1. The molecule has 0 radical (unpaired) electrons. The topological polar surface area (TPSA) is 70.2 Å². The van der Waals surface area contributed by atoms with Crippen molar-refractivity contribution in [1.82, 2.24) is 9.29 Å². The van der Waals surface area contributed by atoms with Gasteiger partial charge in [0, 0.05) is 35.1 Å². The fraction of sp³-hybridized carbons (Fsp3) is 0.211. The lowest BCUT2D eigenvalue weighted by atomic mass is 10.1. The van der Waals surface area contributed by atoms with Crippen LogP contribution in [0.5, 0.6) is 0 Å². The summed E-state index contributed by atoms with van der Waals surface area (Å²) >= 11 is 0. The van der Waals surface area contributed by atoms with Crippen LogP contribution in [0, 0.1) is 11.6 Å². The van der Waals surface area contributed by atoms with Gasteiger partial charge in [-0.3, -0.25) is 4.79 Å². The number of hydrogen-bond donors (Lipinski definition) is 1. The number of fused-ring (bicyclic) bond motifs is 1. The van der Waals surface area contributed by atoms with Crippen LogP contribution >= 0.6 is 0 Å². The van der Waals surface area contributed by atoms with Crippen molar-refractivity contribution < 1.29 is 22.0 Å². The molecule has 0 unspecified atom stereocenters. The minimum atomic E-state index is -3.72. The normalized spacial score (nSPS) is 12.0. The molecule has 142 valence electrons. The van der Waals surface area contributed by atoms with Crippen LogP contribution < -0.4 is 0 Å². The molecule has 1 aromatic heterocycles. The van der Waals surface area contributed by atoms with Gasteiger partial charge in [-0.2, -0.15) is 4.31 Å². The second-order valence-corrected chi connectivity index (χ2v) is 7.89. The van der Waals surface area contributed by atoms with E-state index < -0.39 is 21.7 Å². The maximum atomic E-state index is 14.2. The Morgan fingerprint density at radius 1 is 1.07 bits per heavy atom. The van der Waals surface area contributed by atoms with Crippen LogP contribution in [0.25, 0.3) is 22.2 Å². The number of nitrogens with one attached hydrogen (secondary N) is 1. The first-order chi connectivity index (χ1) is 12.8. The number of H-pyrrole nitrogens is 1. The van der Waals surface area contributed by atoms with Gasteiger partial charge in [0.15, 0.2) is 6.29 Å². The maximum Gasteiger partial charge on any atom is 0.243 e. The molecule has 27 heavy (non-hydrogen) atoms. The monoisotopic (exact) mass is 392 g/mol. The van der Waals surface area contributed by atoms with E-state index in [2.05, 4.69) is 4.98 Å². The number of aromatic nitrogens is 1. The highest BCUT2D eigenvalue weighted by Gasteiger charge is 2.24. The van der Waals surface area contributed by atoms with E-state index in [0.29, 0.717) is 30.3 Å². The van der Waals surface area contributed by atoms with Crippen molar-refractivity contribution >= 4 is 27.2 Å². The lowest BCUT2D eigenvalue weighted by Crippen LogP contribution is -2.30. The molecule has 0 fully saturated rings. The Morgan fingerprint density at radius 3 is 2.41 bits per heavy atom. The zero-order valence-corrected chi connectivity index (χ0v) is 15.6. The standard InChI is InChI=1S/C19H18F2N2O3S/c1-3-23(4-2)27(25,26)13-6-8-18-14(10-13)16(11-24)19(22-18)15-9-12(20)5-7-17(15)21/h5-11,22H,3-4H2,1-2H3. The number of carbonyl (C=O) groups excluding carboxylic acids is 1. The predicted molar refractivity (Wildman–Crippen MR) is 99.1 cm³/mol. The molecular formula is C19H18F2N2O3S. The molecule has 0 aliphatic heterocycles. The Kier molecular flexibility index (Phi) is 5.12. The number of benzene rings is 2. The fourth-order valence-electron chi connectivity index (χ4n) is 3.09. The van der Waals surface area contributed by atoms with Crippen LogP contribution in [0.3, 0.4) is 0 Å². The number of sulfonamides is 1. The molecule has 0 aliphatic rings. The fourth-order valence-corrected chi connectivity index (χ4v) is 4.57. The molecular weight excluding hydrogens is 374 g/mol. The minimum absolute atomic E-state index is 0.0343. The average Bonchev–Trinajstić information content (AvgIpc) is 3.02. The summed E-state index contributed by atoms with van der Waals surface area (Å²) in [7, 11) is -3.72. The van der Waals surface area contributed by atoms with Gasteiger partial charge in [0.2, 0.25) is 10.0 Å². The van der Waals surface area contributed by atoms with Crippen molar-refractivity contribution in [2.45, 2.75) is 18.7 Å². The van der Waals surface area contributed by atoms with E-state index in [9.17, 15) is 22.0 Å². The molecule has 1 heterocycles. The molecule has 0 saturated heterocycles. The van der Waals surface area contributed by atoms with Gasteiger partial charge in [0.25, 0.3) is 0 Å². The number of carbonyl (C=O) groups is 1. The number of rotatable bonds is 6. The van der Waals surface area contributed by atoms with E-state index in [1.54, 1.807) is 13.8 Å². The van der Waals surface area contributed by atoms with Crippen molar-refractivity contribution in [3.63, 3.8) is 0 Å². The average molecular weight is 392 g/mol. The minimum Gasteiger partial charge on any atom is -0.354 e. The molecule has 5 nitrogen and oxygen atoms in total. The highest BCUT2D eigenvalue weighted by Crippen LogP contribution is 2.33. The van der Waals surface area contributed by atoms with Gasteiger partial charge >= 0.3 is 0 Å². The molecule has 0 bridgehead atoms. The summed E-state index contributed by atoms with van der Waals surface area (Å²) in [4.78, 5) is 14.6. The third-order valence-electron chi connectivity index (χ3n) is 4.47. The van der Waals surface area contributed by atoms with Crippen LogP contribution in [0.4, 0.5) is 8.78 Å². The Bertz CT molecular complexity index is 1120. The Hall–Kier alpha value is -2.58. The number of aromatic amines is 1. The van der Waals surface area contributed by atoms with Crippen molar-refractivity contribution in [2.24, 2.45) is 0 Å². The van der Waals surface area contributed by atoms with Crippen molar-refractivity contribution in [2.75, 3.05) is 13.1 Å². The lowest BCUT2D eigenvalue weighted by Gasteiger charge is -2.18. The second-order valence-electron chi connectivity index (χ2n) is 5.95. The van der Waals surface area contributed by atoms with E-state index in [-0.39, 0.29) is 21.7 Å². The first kappa shape index (κ1) is 19.2. The van der Waals surface area contributed by atoms with Crippen LogP contribution in [0.15, 0.2) is 41.3 Å². The molecule has 1 N–H and O–H groups in total. The molecule has 2 aromatic carbocycles. The summed E-state index contributed by atoms with van der Waals surface area (Å²) in [5, 5.41) is 0.330. The Balaban J connectivity index is 2.24. The van der Waals surface area contributed by atoms with E-state index in [4.69, 9.17) is 0 Å². The first-order valence-corrected chi connectivity index (χ1v) is 9.84. The van der Waals surface area contributed by atoms with Crippen molar-refractivity contribution in [1.29, 1.82) is 0 Å². The Labute approximate surface area is 155 Å². The van der Waals surface area contributed by atoms with Crippen LogP contribution in [-0.4, -0.2) is 37.1 Å². The zero-order valence-electron chi connectivity index (χ0n) is 14.8. The highest BCUT2D eigenvalue weighted by atomic mass is 32.2. The van der Waals surface area contributed by atoms with Gasteiger partial charge in [-0.15, -0.1) is 0 Å². The van der Waals surface area contributed by atoms with Gasteiger partial charge in [0.05, 0.1) is 10.6 Å². The van der Waals surface area contributed by atoms with Gasteiger partial charge in [-0.05, 0) is 36.4 Å². The third-order valence-corrected chi connectivity index (χ3v) is 6.51. The van der Waals surface area contributed by atoms with Gasteiger partial charge in [0.1, 0.15) is 11.6 Å². The molecule has 0 spiro atoms. The predicted octanol–water partition coefficient (Wildman–Crippen LogP) is 3.96. The summed E-state index contributed by atoms with van der Waals surface area (Å²) in [6.45, 7) is 4.09. The number of halogens is 2. The van der Waals surface area contributed by atoms with Gasteiger partial charge in [-0.25, -0.2) is 17.2 Å². The number of hydrogen-bond acceptors (Lipinski definition) is 3. The lowest BCUT2D eigenvalue weighted by molar-refractivity contribution is 0.112. The largest absolute Gasteiger partial charge is 0.354 e. The second kappa shape index (κ2) is 7.21. The molecule has 8 heteroatoms. The molecule has 3 rings (SSSR count). The van der Waals surface area contributed by atoms with E-state index >= 15 is 0 Å². The molecule has 0 saturated carbocycles. The summed E-state index contributed by atoms with van der Waals surface area (Å²) in [5.41, 5.74) is 0.538. The van der Waals surface area contributed by atoms with E-state index in [1.807, 2.05) is 0 Å². The molecule has 0 atom stereocenters. The van der Waals surface area contributed by atoms with Crippen molar-refractivity contribution in [3.05, 3.63) is 53.6 Å². The first-order valence-electron chi connectivity index (χ1n) is 8.40. The summed E-state index contributed by atoms with van der Waals surface area (Å²) in [6, 6.07) is 7.26. The molecule has 3 aromatic rings. The smallest absolute Gasteiger partial charge is 0.243 e. The number of aldehydes is 1. The molecule has 0 amide bonds. The van der Waals surface area contributed by atoms with Gasteiger partial charge in [-0.1, -0.05) is 13.8 Å². The number of nitrogens with zero attached hydrogens (tertiary/aromatic N) is 1. The van der Waals surface area contributed by atoms with E-state index in [1.165, 1.54) is 22.5 Å². The third kappa shape index (κ3) is 3.26. The summed E-state index contributed by atoms with van der Waals surface area (Å²) in [6.07, 6.45) is 0.506. The van der Waals surface area contributed by atoms with Crippen molar-refractivity contribution in [3.8, 4) is 11.3 Å². The van der Waals surface area contributed by atoms with Gasteiger partial charge < -0.3 is 4.98 Å². The van der Waals surface area contributed by atoms with E-state index in [0.717, 1.165) is 18.2 Å².